The number of aromatic nitrogens is 1. The Hall–Kier alpha value is -3.20. The number of nitrogens with zero attached hydrogens (tertiary/aromatic N) is 1. The molecule has 0 saturated carbocycles. The van der Waals surface area contributed by atoms with Crippen LogP contribution in [0.5, 0.6) is 5.75 Å². The number of para-hydroxylation sites is 1. The van der Waals surface area contributed by atoms with Gasteiger partial charge in [0, 0.05) is 20.4 Å². The van der Waals surface area contributed by atoms with Gasteiger partial charge in [0.1, 0.15) is 17.9 Å². The molecule has 0 aliphatic carbocycles. The molecule has 34 heavy (non-hydrogen) atoms. The standard InChI is InChI=1S/C25H18BrClN2O4S/c26-18-5-3-4-17(12-18)21-15-34-25(28-21)29-23(30)14-33-24(31)20-6-1-2-7-22(20)32-13-16-8-10-19(27)11-9-16/h1-12,15H,13-14H2,(H,28,29,30). The number of nitrogens with one attached hydrogen (secondary N) is 1. The molecule has 6 nitrogen and oxygen atoms in total. The summed E-state index contributed by atoms with van der Waals surface area (Å²) in [7, 11) is 0. The Kier molecular flexibility index (Phi) is 7.95. The lowest BCUT2D eigenvalue weighted by atomic mass is 10.2. The highest BCUT2D eigenvalue weighted by atomic mass is 79.9. The molecule has 0 spiro atoms. The minimum absolute atomic E-state index is 0.232. The van der Waals surface area contributed by atoms with E-state index in [0.717, 1.165) is 21.3 Å². The van der Waals surface area contributed by atoms with Gasteiger partial charge in [-0.05, 0) is 42.0 Å². The van der Waals surface area contributed by atoms with Crippen LogP contribution in [-0.2, 0) is 16.1 Å². The second-order valence-electron chi connectivity index (χ2n) is 7.08. The zero-order valence-electron chi connectivity index (χ0n) is 17.7. The predicted molar refractivity (Wildman–Crippen MR) is 136 cm³/mol. The molecular weight excluding hydrogens is 540 g/mol. The lowest BCUT2D eigenvalue weighted by Crippen LogP contribution is -2.21. The highest BCUT2D eigenvalue weighted by Gasteiger charge is 2.16. The van der Waals surface area contributed by atoms with E-state index in [2.05, 4.69) is 26.2 Å². The summed E-state index contributed by atoms with van der Waals surface area (Å²) in [5.41, 5.74) is 2.80. The minimum Gasteiger partial charge on any atom is -0.488 e. The van der Waals surface area contributed by atoms with Crippen molar-refractivity contribution in [1.82, 2.24) is 4.98 Å². The molecule has 1 amide bonds. The van der Waals surface area contributed by atoms with Gasteiger partial charge in [0.2, 0.25) is 0 Å². The number of thiazole rings is 1. The third-order valence-electron chi connectivity index (χ3n) is 4.62. The molecule has 0 fully saturated rings. The Balaban J connectivity index is 1.32. The van der Waals surface area contributed by atoms with E-state index in [4.69, 9.17) is 21.1 Å². The number of carbonyl (C=O) groups excluding carboxylic acids is 2. The van der Waals surface area contributed by atoms with E-state index in [1.165, 1.54) is 11.3 Å². The second-order valence-corrected chi connectivity index (χ2v) is 9.29. The monoisotopic (exact) mass is 556 g/mol. The van der Waals surface area contributed by atoms with Gasteiger partial charge in [-0.2, -0.15) is 0 Å². The molecule has 0 unspecified atom stereocenters. The summed E-state index contributed by atoms with van der Waals surface area (Å²) < 4.78 is 11.9. The van der Waals surface area contributed by atoms with Gasteiger partial charge in [0.15, 0.2) is 11.7 Å². The first-order valence-corrected chi connectivity index (χ1v) is 12.2. The fraction of sp³-hybridized carbons (Fsp3) is 0.0800. The summed E-state index contributed by atoms with van der Waals surface area (Å²) in [6.45, 7) is -0.192. The number of hydrogen-bond donors (Lipinski definition) is 1. The van der Waals surface area contributed by atoms with Gasteiger partial charge < -0.3 is 9.47 Å². The van der Waals surface area contributed by atoms with Gasteiger partial charge in [-0.25, -0.2) is 9.78 Å². The number of rotatable bonds is 8. The highest BCUT2D eigenvalue weighted by molar-refractivity contribution is 9.10. The van der Waals surface area contributed by atoms with Crippen molar-refractivity contribution in [2.45, 2.75) is 6.61 Å². The minimum atomic E-state index is -0.657. The van der Waals surface area contributed by atoms with Crippen molar-refractivity contribution in [2.24, 2.45) is 0 Å². The summed E-state index contributed by atoms with van der Waals surface area (Å²) in [4.78, 5) is 29.3. The van der Waals surface area contributed by atoms with Crippen LogP contribution < -0.4 is 10.1 Å². The molecule has 4 aromatic rings. The fourth-order valence-corrected chi connectivity index (χ4v) is 4.24. The van der Waals surface area contributed by atoms with Crippen LogP contribution in [0.3, 0.4) is 0 Å². The molecule has 0 aliphatic rings. The first-order chi connectivity index (χ1) is 16.5. The molecule has 9 heteroatoms. The SMILES string of the molecule is O=C(COC(=O)c1ccccc1OCc1ccc(Cl)cc1)Nc1nc(-c2cccc(Br)c2)cs1. The second kappa shape index (κ2) is 11.3. The van der Waals surface area contributed by atoms with Crippen molar-refractivity contribution in [3.05, 3.63) is 98.8 Å². The highest BCUT2D eigenvalue weighted by Crippen LogP contribution is 2.27. The number of benzene rings is 3. The van der Waals surface area contributed by atoms with Crippen LogP contribution in [0.2, 0.25) is 5.02 Å². The average Bonchev–Trinajstić information content (AvgIpc) is 3.31. The molecule has 0 saturated heterocycles. The Bertz CT molecular complexity index is 1310. The van der Waals surface area contributed by atoms with Crippen LogP contribution in [0.4, 0.5) is 5.13 Å². The lowest BCUT2D eigenvalue weighted by molar-refractivity contribution is -0.119. The van der Waals surface area contributed by atoms with E-state index >= 15 is 0 Å². The van der Waals surface area contributed by atoms with Gasteiger partial charge >= 0.3 is 5.97 Å². The van der Waals surface area contributed by atoms with E-state index in [0.29, 0.717) is 15.9 Å². The molecule has 0 bridgehead atoms. The van der Waals surface area contributed by atoms with Crippen LogP contribution in [0.1, 0.15) is 15.9 Å². The third kappa shape index (κ3) is 6.44. The topological polar surface area (TPSA) is 77.5 Å². The van der Waals surface area contributed by atoms with Crippen LogP contribution in [0.25, 0.3) is 11.3 Å². The molecule has 172 valence electrons. The number of halogens is 2. The number of carbonyl (C=O) groups is 2. The number of anilines is 1. The smallest absolute Gasteiger partial charge is 0.342 e. The molecule has 1 N–H and O–H groups in total. The van der Waals surface area contributed by atoms with Gasteiger partial charge in [0.25, 0.3) is 5.91 Å². The van der Waals surface area contributed by atoms with E-state index < -0.39 is 18.5 Å². The Morgan fingerprint density at radius 1 is 1.03 bits per heavy atom. The molecule has 1 heterocycles. The summed E-state index contributed by atoms with van der Waals surface area (Å²) in [6.07, 6.45) is 0. The van der Waals surface area contributed by atoms with Gasteiger partial charge in [0.05, 0.1) is 5.69 Å². The summed E-state index contributed by atoms with van der Waals surface area (Å²) in [5.74, 6) is -0.777. The first-order valence-electron chi connectivity index (χ1n) is 10.1. The molecule has 0 aliphatic heterocycles. The van der Waals surface area contributed by atoms with Crippen molar-refractivity contribution in [3.8, 4) is 17.0 Å². The number of ether oxygens (including phenoxy) is 2. The largest absolute Gasteiger partial charge is 0.488 e. The molecule has 0 atom stereocenters. The van der Waals surface area contributed by atoms with Crippen LogP contribution in [-0.4, -0.2) is 23.5 Å². The number of esters is 1. The fourth-order valence-electron chi connectivity index (χ4n) is 2.98. The summed E-state index contributed by atoms with van der Waals surface area (Å²) in [6, 6.07) is 21.6. The number of hydrogen-bond acceptors (Lipinski definition) is 6. The van der Waals surface area contributed by atoms with Crippen molar-refractivity contribution in [3.63, 3.8) is 0 Å². The maximum Gasteiger partial charge on any atom is 0.342 e. The van der Waals surface area contributed by atoms with E-state index in [-0.39, 0.29) is 12.2 Å². The van der Waals surface area contributed by atoms with Crippen molar-refractivity contribution < 1.29 is 19.1 Å². The van der Waals surface area contributed by atoms with Gasteiger partial charge in [-0.1, -0.05) is 63.9 Å². The van der Waals surface area contributed by atoms with Crippen LogP contribution >= 0.6 is 38.9 Å². The average molecular weight is 558 g/mol. The molecule has 0 radical (unpaired) electrons. The number of amides is 1. The van der Waals surface area contributed by atoms with Gasteiger partial charge in [-0.15, -0.1) is 11.3 Å². The summed E-state index contributed by atoms with van der Waals surface area (Å²) in [5, 5.41) is 5.55. The van der Waals surface area contributed by atoms with Gasteiger partial charge in [-0.3, -0.25) is 10.1 Å². The first kappa shape index (κ1) is 23.9. The third-order valence-corrected chi connectivity index (χ3v) is 6.12. The zero-order chi connectivity index (χ0) is 23.9. The van der Waals surface area contributed by atoms with E-state index in [1.807, 2.05) is 41.8 Å². The molecule has 3 aromatic carbocycles. The van der Waals surface area contributed by atoms with E-state index in [1.54, 1.807) is 36.4 Å². The molecule has 4 rings (SSSR count). The Morgan fingerprint density at radius 2 is 1.82 bits per heavy atom. The molecular formula is C25H18BrClN2O4S. The maximum absolute atomic E-state index is 12.6. The predicted octanol–water partition coefficient (Wildman–Crippen LogP) is 6.60. The van der Waals surface area contributed by atoms with Crippen molar-refractivity contribution in [2.75, 3.05) is 11.9 Å². The Labute approximate surface area is 213 Å². The maximum atomic E-state index is 12.6. The van der Waals surface area contributed by atoms with Crippen molar-refractivity contribution >= 4 is 55.9 Å². The normalized spacial score (nSPS) is 10.5. The Morgan fingerprint density at radius 3 is 2.62 bits per heavy atom. The van der Waals surface area contributed by atoms with Crippen LogP contribution in [0.15, 0.2) is 82.6 Å². The van der Waals surface area contributed by atoms with Crippen LogP contribution in [0, 0.1) is 0 Å². The zero-order valence-corrected chi connectivity index (χ0v) is 20.8. The summed E-state index contributed by atoms with van der Waals surface area (Å²) >= 11 is 10.6. The van der Waals surface area contributed by atoms with E-state index in [9.17, 15) is 9.59 Å². The lowest BCUT2D eigenvalue weighted by Gasteiger charge is -2.11. The van der Waals surface area contributed by atoms with Crippen molar-refractivity contribution in [1.29, 1.82) is 0 Å². The quantitative estimate of drug-likeness (QED) is 0.247. The molecule has 1 aromatic heterocycles.